The van der Waals surface area contributed by atoms with Crippen LogP contribution < -0.4 is 16.0 Å². The Hall–Kier alpha value is -3.45. The van der Waals surface area contributed by atoms with Crippen LogP contribution in [-0.2, 0) is 0 Å². The van der Waals surface area contributed by atoms with Crippen LogP contribution in [0.2, 0.25) is 0 Å². The summed E-state index contributed by atoms with van der Waals surface area (Å²) in [4.78, 5) is 24.3. The van der Waals surface area contributed by atoms with Gasteiger partial charge < -0.3 is 15.1 Å². The molecule has 28 heavy (non-hydrogen) atoms. The molecule has 0 aliphatic heterocycles. The van der Waals surface area contributed by atoms with Gasteiger partial charge in [-0.3, -0.25) is 14.9 Å². The Kier molecular flexibility index (Phi) is 5.86. The van der Waals surface area contributed by atoms with Crippen molar-refractivity contribution in [1.29, 1.82) is 0 Å². The third kappa shape index (κ3) is 4.83. The normalized spacial score (nSPS) is 10.2. The molecule has 3 N–H and O–H groups in total. The Bertz CT molecular complexity index is 1030. The van der Waals surface area contributed by atoms with E-state index in [1.807, 2.05) is 32.0 Å². The molecule has 0 saturated carbocycles. The molecule has 3 aromatic rings. The van der Waals surface area contributed by atoms with Gasteiger partial charge in [-0.15, -0.1) is 0 Å². The van der Waals surface area contributed by atoms with E-state index in [9.17, 15) is 9.59 Å². The van der Waals surface area contributed by atoms with Crippen LogP contribution in [0.5, 0.6) is 0 Å². The number of nitrogens with one attached hydrogen (secondary N) is 3. The average molecular weight is 393 g/mol. The molecule has 1 heterocycles. The molecule has 142 valence electrons. The molecule has 0 bridgehead atoms. The van der Waals surface area contributed by atoms with Gasteiger partial charge in [0.05, 0.1) is 6.26 Å². The predicted molar refractivity (Wildman–Crippen MR) is 113 cm³/mol. The maximum absolute atomic E-state index is 12.3. The summed E-state index contributed by atoms with van der Waals surface area (Å²) in [7, 11) is 0. The van der Waals surface area contributed by atoms with E-state index in [4.69, 9.17) is 16.6 Å². The van der Waals surface area contributed by atoms with E-state index in [1.165, 1.54) is 6.26 Å². The van der Waals surface area contributed by atoms with Gasteiger partial charge in [-0.05, 0) is 74.1 Å². The summed E-state index contributed by atoms with van der Waals surface area (Å²) < 4.78 is 5.08. The van der Waals surface area contributed by atoms with Crippen molar-refractivity contribution < 1.29 is 14.0 Å². The third-order valence-electron chi connectivity index (χ3n) is 3.98. The van der Waals surface area contributed by atoms with Crippen molar-refractivity contribution in [1.82, 2.24) is 5.32 Å². The van der Waals surface area contributed by atoms with E-state index in [1.54, 1.807) is 36.4 Å². The van der Waals surface area contributed by atoms with Crippen molar-refractivity contribution in [2.75, 3.05) is 10.6 Å². The van der Waals surface area contributed by atoms with Crippen molar-refractivity contribution in [2.24, 2.45) is 0 Å². The number of rotatable bonds is 4. The van der Waals surface area contributed by atoms with Gasteiger partial charge in [-0.2, -0.15) is 0 Å². The average Bonchev–Trinajstić information content (AvgIpc) is 3.18. The summed E-state index contributed by atoms with van der Waals surface area (Å²) in [6.45, 7) is 3.78. The first-order valence-corrected chi connectivity index (χ1v) is 8.98. The second-order valence-corrected chi connectivity index (χ2v) is 6.65. The van der Waals surface area contributed by atoms with Gasteiger partial charge >= 0.3 is 0 Å². The fraction of sp³-hybridized carbons (Fsp3) is 0.0952. The molecule has 0 radical (unpaired) electrons. The van der Waals surface area contributed by atoms with Gasteiger partial charge in [-0.1, -0.05) is 17.7 Å². The zero-order valence-electron chi connectivity index (χ0n) is 15.4. The maximum Gasteiger partial charge on any atom is 0.291 e. The van der Waals surface area contributed by atoms with Gasteiger partial charge in [0, 0.05) is 16.9 Å². The molecule has 0 aliphatic rings. The largest absolute Gasteiger partial charge is 0.459 e. The van der Waals surface area contributed by atoms with E-state index >= 15 is 0 Å². The highest BCUT2D eigenvalue weighted by atomic mass is 32.1. The molecule has 0 saturated heterocycles. The number of carbonyl (C=O) groups excluding carboxylic acids is 2. The molecule has 3 rings (SSSR count). The van der Waals surface area contributed by atoms with E-state index in [0.29, 0.717) is 16.9 Å². The maximum atomic E-state index is 12.3. The molecule has 2 aromatic carbocycles. The lowest BCUT2D eigenvalue weighted by molar-refractivity contribution is 0.0975. The van der Waals surface area contributed by atoms with Crippen LogP contribution in [0.3, 0.4) is 0 Å². The molecule has 0 atom stereocenters. The zero-order chi connectivity index (χ0) is 20.1. The lowest BCUT2D eigenvalue weighted by Gasteiger charge is -2.13. The van der Waals surface area contributed by atoms with Crippen molar-refractivity contribution in [3.8, 4) is 0 Å². The van der Waals surface area contributed by atoms with Crippen LogP contribution in [0.4, 0.5) is 11.4 Å². The minimum Gasteiger partial charge on any atom is -0.459 e. The van der Waals surface area contributed by atoms with Gasteiger partial charge in [0.1, 0.15) is 0 Å². The van der Waals surface area contributed by atoms with Crippen molar-refractivity contribution >= 4 is 40.5 Å². The topological polar surface area (TPSA) is 83.4 Å². The number of aryl methyl sites for hydroxylation is 2. The number of amides is 2. The van der Waals surface area contributed by atoms with Gasteiger partial charge in [0.25, 0.3) is 11.8 Å². The number of anilines is 2. The zero-order valence-corrected chi connectivity index (χ0v) is 16.2. The Morgan fingerprint density at radius 2 is 1.75 bits per heavy atom. The summed E-state index contributed by atoms with van der Waals surface area (Å²) >= 11 is 5.22. The molecule has 0 spiro atoms. The van der Waals surface area contributed by atoms with Gasteiger partial charge in [-0.25, -0.2) is 0 Å². The Morgan fingerprint density at radius 1 is 0.929 bits per heavy atom. The Labute approximate surface area is 167 Å². The van der Waals surface area contributed by atoms with E-state index in [2.05, 4.69) is 16.0 Å². The summed E-state index contributed by atoms with van der Waals surface area (Å²) in [5.74, 6) is -0.364. The lowest BCUT2D eigenvalue weighted by Crippen LogP contribution is -2.34. The molecule has 7 heteroatoms. The smallest absolute Gasteiger partial charge is 0.291 e. The Balaban J connectivity index is 1.61. The number of furan rings is 1. The highest BCUT2D eigenvalue weighted by molar-refractivity contribution is 7.80. The molecule has 1 aromatic heterocycles. The molecular formula is C21H19N3O3S. The standard InChI is InChI=1S/C21H19N3O3S/c1-13-5-3-6-15(11-13)19(25)24-21(28)22-16-8-9-17(14(2)12-16)23-20(26)18-7-4-10-27-18/h3-12H,1-2H3,(H,23,26)(H2,22,24,25,28). The van der Waals surface area contributed by atoms with Crippen molar-refractivity contribution in [2.45, 2.75) is 13.8 Å². The van der Waals surface area contributed by atoms with E-state index in [-0.39, 0.29) is 22.7 Å². The number of hydrogen-bond donors (Lipinski definition) is 3. The first-order valence-electron chi connectivity index (χ1n) is 8.57. The van der Waals surface area contributed by atoms with E-state index < -0.39 is 0 Å². The summed E-state index contributed by atoms with van der Waals surface area (Å²) in [5.41, 5.74) is 3.72. The third-order valence-corrected chi connectivity index (χ3v) is 4.19. The van der Waals surface area contributed by atoms with E-state index in [0.717, 1.165) is 11.1 Å². The van der Waals surface area contributed by atoms with Crippen LogP contribution in [0.1, 0.15) is 32.0 Å². The highest BCUT2D eigenvalue weighted by Crippen LogP contribution is 2.20. The molecule has 0 unspecified atom stereocenters. The molecule has 0 aliphatic carbocycles. The second-order valence-electron chi connectivity index (χ2n) is 6.24. The van der Waals surface area contributed by atoms with Crippen LogP contribution in [-0.4, -0.2) is 16.9 Å². The highest BCUT2D eigenvalue weighted by Gasteiger charge is 2.11. The SMILES string of the molecule is Cc1cccc(C(=O)NC(=S)Nc2ccc(NC(=O)c3ccco3)c(C)c2)c1. The minimum absolute atomic E-state index is 0.193. The number of benzene rings is 2. The second kappa shape index (κ2) is 8.49. The number of thiocarbonyl (C=S) groups is 1. The fourth-order valence-corrected chi connectivity index (χ4v) is 2.81. The Morgan fingerprint density at radius 3 is 2.43 bits per heavy atom. The van der Waals surface area contributed by atoms with Crippen LogP contribution in [0, 0.1) is 13.8 Å². The van der Waals surface area contributed by atoms with Gasteiger partial charge in [0.15, 0.2) is 10.9 Å². The molecule has 2 amide bonds. The monoisotopic (exact) mass is 393 g/mol. The quantitative estimate of drug-likeness (QED) is 0.577. The van der Waals surface area contributed by atoms with Crippen molar-refractivity contribution in [3.05, 3.63) is 83.3 Å². The number of hydrogen-bond acceptors (Lipinski definition) is 4. The van der Waals surface area contributed by atoms with Crippen molar-refractivity contribution in [3.63, 3.8) is 0 Å². The first-order chi connectivity index (χ1) is 13.4. The molecule has 6 nitrogen and oxygen atoms in total. The summed E-state index contributed by atoms with van der Waals surface area (Å²) in [6.07, 6.45) is 1.45. The van der Waals surface area contributed by atoms with Gasteiger partial charge in [0.2, 0.25) is 0 Å². The lowest BCUT2D eigenvalue weighted by atomic mass is 10.1. The molecule has 0 fully saturated rings. The fourth-order valence-electron chi connectivity index (χ4n) is 2.60. The summed E-state index contributed by atoms with van der Waals surface area (Å²) in [6, 6.07) is 15.8. The first kappa shape index (κ1) is 19.3. The van der Waals surface area contributed by atoms with Crippen LogP contribution in [0.25, 0.3) is 0 Å². The predicted octanol–water partition coefficient (Wildman–Crippen LogP) is 4.28. The van der Waals surface area contributed by atoms with Crippen LogP contribution in [0.15, 0.2) is 65.3 Å². The number of carbonyl (C=O) groups is 2. The molecular weight excluding hydrogens is 374 g/mol. The minimum atomic E-state index is -0.324. The van der Waals surface area contributed by atoms with Crippen LogP contribution >= 0.6 is 12.2 Å². The summed E-state index contributed by atoms with van der Waals surface area (Å²) in [5, 5.41) is 8.61.